The molecule has 1 aromatic rings. The first kappa shape index (κ1) is 7.78. The highest BCUT2D eigenvalue weighted by atomic mass is 14.7. The van der Waals surface area contributed by atoms with Gasteiger partial charge in [-0.2, -0.15) is 0 Å². The van der Waals surface area contributed by atoms with Crippen LogP contribution in [0, 0.1) is 12.8 Å². The van der Waals surface area contributed by atoms with E-state index >= 15 is 0 Å². The molecule has 0 fully saturated rings. The number of nitrogens with zero attached hydrogens (tertiary/aromatic N) is 1. The van der Waals surface area contributed by atoms with Crippen LogP contribution in [-0.2, 0) is 12.8 Å². The van der Waals surface area contributed by atoms with Crippen LogP contribution in [0.4, 0.5) is 0 Å². The predicted molar refractivity (Wildman–Crippen MR) is 50.2 cm³/mol. The average Bonchev–Trinajstić information content (AvgIpc) is 2.46. The molecule has 64 valence electrons. The Morgan fingerprint density at radius 2 is 2.17 bits per heavy atom. The number of fused-ring (bicyclic) bond motifs is 1. The minimum Gasteiger partial charge on any atom is -0.261 e. The van der Waals surface area contributed by atoms with E-state index in [-0.39, 0.29) is 0 Å². The van der Waals surface area contributed by atoms with Gasteiger partial charge in [0.2, 0.25) is 0 Å². The van der Waals surface area contributed by atoms with Crippen LogP contribution in [0.15, 0.2) is 12.3 Å². The molecular weight excluding hydrogens is 146 g/mol. The molecule has 1 nitrogen and oxygen atoms in total. The Labute approximate surface area is 73.8 Å². The lowest BCUT2D eigenvalue weighted by Crippen LogP contribution is -1.95. The van der Waals surface area contributed by atoms with Crippen LogP contribution >= 0.6 is 0 Å². The summed E-state index contributed by atoms with van der Waals surface area (Å²) in [7, 11) is 0. The summed E-state index contributed by atoms with van der Waals surface area (Å²) in [5, 5.41) is 0. The van der Waals surface area contributed by atoms with Gasteiger partial charge in [-0.05, 0) is 42.9 Å². The molecule has 0 saturated heterocycles. The van der Waals surface area contributed by atoms with Gasteiger partial charge >= 0.3 is 0 Å². The highest BCUT2D eigenvalue weighted by Crippen LogP contribution is 2.28. The van der Waals surface area contributed by atoms with Crippen LogP contribution < -0.4 is 0 Å². The molecule has 1 aliphatic carbocycles. The number of pyridine rings is 1. The Morgan fingerprint density at radius 1 is 1.42 bits per heavy atom. The molecule has 1 heteroatoms. The molecule has 0 aliphatic heterocycles. The molecule has 1 unspecified atom stereocenters. The maximum Gasteiger partial charge on any atom is 0.0375 e. The summed E-state index contributed by atoms with van der Waals surface area (Å²) in [5.41, 5.74) is 4.17. The lowest BCUT2D eigenvalue weighted by molar-refractivity contribution is 0.542. The van der Waals surface area contributed by atoms with Crippen molar-refractivity contribution in [3.8, 4) is 0 Å². The van der Waals surface area contributed by atoms with E-state index in [0.29, 0.717) is 0 Å². The second-order valence-electron chi connectivity index (χ2n) is 3.78. The zero-order valence-electron chi connectivity index (χ0n) is 7.80. The minimum absolute atomic E-state index is 0.878. The fraction of sp³-hybridized carbons (Fsp3) is 0.545. The van der Waals surface area contributed by atoms with Crippen LogP contribution in [0.5, 0.6) is 0 Å². The van der Waals surface area contributed by atoms with E-state index in [1.54, 1.807) is 0 Å². The molecule has 1 aliphatic rings. The molecule has 2 rings (SSSR count). The molecule has 0 radical (unpaired) electrons. The molecule has 0 bridgehead atoms. The normalized spacial score (nSPS) is 21.0. The number of aryl methyl sites for hydroxylation is 1. The Morgan fingerprint density at radius 3 is 2.92 bits per heavy atom. The van der Waals surface area contributed by atoms with Gasteiger partial charge in [0.15, 0.2) is 0 Å². The van der Waals surface area contributed by atoms with Crippen molar-refractivity contribution in [3.63, 3.8) is 0 Å². The zero-order chi connectivity index (χ0) is 8.55. The molecular formula is C11H15N. The largest absolute Gasteiger partial charge is 0.261 e. The third-order valence-electron chi connectivity index (χ3n) is 2.81. The topological polar surface area (TPSA) is 12.9 Å². The van der Waals surface area contributed by atoms with E-state index in [4.69, 9.17) is 0 Å². The highest BCUT2D eigenvalue weighted by molar-refractivity contribution is 5.31. The van der Waals surface area contributed by atoms with Crippen LogP contribution in [0.2, 0.25) is 0 Å². The second-order valence-corrected chi connectivity index (χ2v) is 3.78. The highest BCUT2D eigenvalue weighted by Gasteiger charge is 2.19. The summed E-state index contributed by atoms with van der Waals surface area (Å²) in [6.45, 7) is 4.34. The third kappa shape index (κ3) is 1.24. The number of rotatable bonds is 1. The average molecular weight is 161 g/mol. The van der Waals surface area contributed by atoms with E-state index in [0.717, 1.165) is 11.6 Å². The van der Waals surface area contributed by atoms with Gasteiger partial charge in [-0.25, -0.2) is 0 Å². The van der Waals surface area contributed by atoms with Crippen molar-refractivity contribution in [1.29, 1.82) is 0 Å². The van der Waals surface area contributed by atoms with Crippen molar-refractivity contribution in [2.24, 2.45) is 5.92 Å². The number of hydrogen-bond acceptors (Lipinski definition) is 1. The van der Waals surface area contributed by atoms with Gasteiger partial charge in [-0.15, -0.1) is 0 Å². The van der Waals surface area contributed by atoms with Crippen LogP contribution in [0.3, 0.4) is 0 Å². The molecule has 1 aromatic heterocycles. The van der Waals surface area contributed by atoms with E-state index in [2.05, 4.69) is 31.1 Å². The molecule has 1 heterocycles. The first-order chi connectivity index (χ1) is 5.79. The van der Waals surface area contributed by atoms with E-state index in [1.807, 2.05) is 0 Å². The summed E-state index contributed by atoms with van der Waals surface area (Å²) >= 11 is 0. The third-order valence-corrected chi connectivity index (χ3v) is 2.81. The summed E-state index contributed by atoms with van der Waals surface area (Å²) < 4.78 is 0. The minimum atomic E-state index is 0.878. The smallest absolute Gasteiger partial charge is 0.0375 e. The maximum atomic E-state index is 4.32. The van der Waals surface area contributed by atoms with Gasteiger partial charge in [0.25, 0.3) is 0 Å². The molecule has 12 heavy (non-hydrogen) atoms. The Bertz CT molecular complexity index is 291. The first-order valence-corrected chi connectivity index (χ1v) is 4.74. The molecule has 0 spiro atoms. The molecule has 0 amide bonds. The van der Waals surface area contributed by atoms with Crippen LogP contribution in [0.1, 0.15) is 30.2 Å². The lowest BCUT2D eigenvalue weighted by Gasteiger charge is -2.01. The van der Waals surface area contributed by atoms with Crippen molar-refractivity contribution in [2.45, 2.75) is 33.1 Å². The fourth-order valence-corrected chi connectivity index (χ4v) is 2.00. The van der Waals surface area contributed by atoms with Gasteiger partial charge in [0, 0.05) is 11.9 Å². The first-order valence-electron chi connectivity index (χ1n) is 4.74. The predicted octanol–water partition coefficient (Wildman–Crippen LogP) is 2.51. The standard InChI is InChI=1S/C11H15N/c1-3-9-5-10-4-8(2)12-7-11(10)6-9/h4,7,9H,3,5-6H2,1-2H3. The molecule has 1 atom stereocenters. The zero-order valence-corrected chi connectivity index (χ0v) is 7.80. The van der Waals surface area contributed by atoms with Crippen molar-refractivity contribution in [3.05, 3.63) is 29.1 Å². The monoisotopic (exact) mass is 161 g/mol. The summed E-state index contributed by atoms with van der Waals surface area (Å²) in [6.07, 6.45) is 5.88. The van der Waals surface area contributed by atoms with Gasteiger partial charge < -0.3 is 0 Å². The summed E-state index contributed by atoms with van der Waals surface area (Å²) in [6, 6.07) is 2.24. The summed E-state index contributed by atoms with van der Waals surface area (Å²) in [5.74, 6) is 0.878. The number of aromatic nitrogens is 1. The van der Waals surface area contributed by atoms with Gasteiger partial charge in [-0.3, -0.25) is 4.98 Å². The van der Waals surface area contributed by atoms with Gasteiger partial charge in [0.1, 0.15) is 0 Å². The molecule has 0 saturated carbocycles. The molecule has 0 N–H and O–H groups in total. The van der Waals surface area contributed by atoms with Crippen molar-refractivity contribution in [2.75, 3.05) is 0 Å². The van der Waals surface area contributed by atoms with E-state index in [1.165, 1.54) is 30.4 Å². The Kier molecular flexibility index (Phi) is 1.87. The van der Waals surface area contributed by atoms with Gasteiger partial charge in [-0.1, -0.05) is 13.3 Å². The lowest BCUT2D eigenvalue weighted by atomic mass is 10.0. The Hall–Kier alpha value is -0.850. The van der Waals surface area contributed by atoms with E-state index < -0.39 is 0 Å². The van der Waals surface area contributed by atoms with Crippen LogP contribution in [0.25, 0.3) is 0 Å². The SMILES string of the molecule is CCC1Cc2cnc(C)cc2C1. The summed E-state index contributed by atoms with van der Waals surface area (Å²) in [4.78, 5) is 4.32. The van der Waals surface area contributed by atoms with Crippen molar-refractivity contribution >= 4 is 0 Å². The second kappa shape index (κ2) is 2.89. The maximum absolute atomic E-state index is 4.32. The van der Waals surface area contributed by atoms with Crippen molar-refractivity contribution in [1.82, 2.24) is 4.98 Å². The number of hydrogen-bond donors (Lipinski definition) is 0. The van der Waals surface area contributed by atoms with Gasteiger partial charge in [0.05, 0.1) is 0 Å². The van der Waals surface area contributed by atoms with E-state index in [9.17, 15) is 0 Å². The van der Waals surface area contributed by atoms with Crippen LogP contribution in [-0.4, -0.2) is 4.98 Å². The van der Waals surface area contributed by atoms with Crippen molar-refractivity contribution < 1.29 is 0 Å². The quantitative estimate of drug-likeness (QED) is 0.616. The fourth-order valence-electron chi connectivity index (χ4n) is 2.00. The molecule has 0 aromatic carbocycles. The Balaban J connectivity index is 2.30.